The van der Waals surface area contributed by atoms with Crippen molar-refractivity contribution in [3.8, 4) is 0 Å². The smallest absolute Gasteiger partial charge is 0.0622 e. The molecule has 0 spiro atoms. The van der Waals surface area contributed by atoms with Crippen LogP contribution in [0.25, 0.3) is 0 Å². The third-order valence-electron chi connectivity index (χ3n) is 7.27. The molecule has 0 aromatic heterocycles. The number of rotatable bonds is 7. The van der Waals surface area contributed by atoms with Gasteiger partial charge in [-0.2, -0.15) is 18.2 Å². The summed E-state index contributed by atoms with van der Waals surface area (Å²) in [6.45, 7) is 4.19. The normalized spacial score (nSPS) is 13.5. The van der Waals surface area contributed by atoms with E-state index < -0.39 is 23.0 Å². The number of halogens is 6. The first-order valence-electron chi connectivity index (χ1n) is 16.1. The Balaban J connectivity index is 0.000000216. The maximum absolute atomic E-state index is 10.7. The van der Waals surface area contributed by atoms with Crippen molar-refractivity contribution in [3.63, 3.8) is 0 Å². The van der Waals surface area contributed by atoms with E-state index in [2.05, 4.69) is 182 Å². The Morgan fingerprint density at radius 3 is 1.00 bits per heavy atom. The monoisotopic (exact) mass is 862 g/mol. The number of hydrogen-bond acceptors (Lipinski definition) is 0. The fourth-order valence-electron chi connectivity index (χ4n) is 5.17. The minimum Gasteiger partial charge on any atom is -0.0622 e. The van der Waals surface area contributed by atoms with E-state index in [-0.39, 0.29) is 19.5 Å². The summed E-state index contributed by atoms with van der Waals surface area (Å²) < 4.78 is 59.2. The Bertz CT molecular complexity index is 1690. The number of benzene rings is 6. The maximum atomic E-state index is 9.87. The molecule has 6 aromatic carbocycles. The fraction of sp³-hybridized carbons (Fsp3) is 0. The van der Waals surface area contributed by atoms with Crippen LogP contribution in [0.5, 0.6) is 0 Å². The van der Waals surface area contributed by atoms with Gasteiger partial charge in [-0.05, 0) is 80.2 Å². The fourth-order valence-corrected chi connectivity index (χ4v) is 10.8. The SMILES string of the molecule is C=C[P+](c1[c-]cccc1)(c1ccccc1)c1ccccc1.F[P-](F)(F)(F)(F)F.[CH]1[CH][CH][CH][CH]1.[Ru+2].c1ccc(P(c2ccccc2)c2ccccc2)cc1. The summed E-state index contributed by atoms with van der Waals surface area (Å²) in [5.41, 5.74) is 0. The van der Waals surface area contributed by atoms with Crippen LogP contribution in [0.15, 0.2) is 188 Å². The molecule has 6 aromatic rings. The quantitative estimate of drug-likeness (QED) is 0.0649. The number of hydrogen-bond donors (Lipinski definition) is 0. The van der Waals surface area contributed by atoms with Gasteiger partial charge in [0.1, 0.15) is 17.9 Å². The van der Waals surface area contributed by atoms with Crippen LogP contribution in [-0.4, -0.2) is 0 Å². The van der Waals surface area contributed by atoms with Gasteiger partial charge in [0.25, 0.3) is 0 Å². The molecule has 1 aliphatic carbocycles. The molecule has 5 radical (unpaired) electrons. The molecule has 0 N–H and O–H groups in total. The van der Waals surface area contributed by atoms with Crippen molar-refractivity contribution < 1.29 is 44.7 Å². The van der Waals surface area contributed by atoms with Crippen molar-refractivity contribution in [1.29, 1.82) is 0 Å². The standard InChI is InChI=1S/C20H17P.C18H15P.C5H5.F6P.Ru/c1-2-21(18-12-6-3-7-13-18,19-14-8-4-9-15-19)20-16-10-5-11-17-20;1-4-10-16(11-5-1)19(17-12-6-2-7-13-17)18-14-8-3-9-15-18;1-2-4-5-3-1;1-7(2,3,4,5)6;/h2-16H,1H2;1-15H;1-5H;;/q;;;-1;+2. The van der Waals surface area contributed by atoms with Gasteiger partial charge in [0.05, 0.1) is 5.82 Å². The molecule has 0 atom stereocenters. The zero-order valence-corrected chi connectivity index (χ0v) is 32.8. The van der Waals surface area contributed by atoms with Gasteiger partial charge in [-0.3, -0.25) is 0 Å². The summed E-state index contributed by atoms with van der Waals surface area (Å²) in [5, 5.41) is 8.04. The van der Waals surface area contributed by atoms with E-state index in [9.17, 15) is 25.2 Å². The molecule has 10 heteroatoms. The first kappa shape index (κ1) is 44.0. The van der Waals surface area contributed by atoms with Crippen molar-refractivity contribution in [2.24, 2.45) is 0 Å². The summed E-state index contributed by atoms with van der Waals surface area (Å²) >= 11 is 0. The molecule has 0 saturated heterocycles. The van der Waals surface area contributed by atoms with Crippen molar-refractivity contribution in [3.05, 3.63) is 226 Å². The summed E-state index contributed by atoms with van der Waals surface area (Å²) in [6.07, 6.45) is 10.0. The van der Waals surface area contributed by atoms with Gasteiger partial charge in [-0.1, -0.05) is 134 Å². The summed E-state index contributed by atoms with van der Waals surface area (Å²) in [6, 6.07) is 65.3. The average molecular weight is 862 g/mol. The van der Waals surface area contributed by atoms with Gasteiger partial charge in [0, 0.05) is 5.30 Å². The van der Waals surface area contributed by atoms with E-state index in [0.29, 0.717) is 0 Å². The Morgan fingerprint density at radius 2 is 0.736 bits per heavy atom. The van der Waals surface area contributed by atoms with E-state index in [4.69, 9.17) is 0 Å². The van der Waals surface area contributed by atoms with Crippen LogP contribution in [0.3, 0.4) is 0 Å². The second kappa shape index (κ2) is 19.8. The largest absolute Gasteiger partial charge is 2.00 e. The van der Waals surface area contributed by atoms with Gasteiger partial charge in [-0.15, -0.1) is 12.1 Å². The molecule has 0 bridgehead atoms. The van der Waals surface area contributed by atoms with Crippen LogP contribution in [0.2, 0.25) is 0 Å². The van der Waals surface area contributed by atoms with Gasteiger partial charge in [-0.25, -0.2) is 0 Å². The maximum Gasteiger partial charge on any atom is 2.00 e. The minimum absolute atomic E-state index is 0. The minimum atomic E-state index is -10.7. The predicted molar refractivity (Wildman–Crippen MR) is 214 cm³/mol. The van der Waals surface area contributed by atoms with Gasteiger partial charge >= 0.3 is 52.5 Å². The van der Waals surface area contributed by atoms with Crippen LogP contribution < -0.4 is 31.8 Å². The average Bonchev–Trinajstić information content (AvgIpc) is 3.75. The zero-order chi connectivity index (χ0) is 37.4. The topological polar surface area (TPSA) is 0 Å². The third-order valence-corrected chi connectivity index (χ3v) is 13.5. The molecular weight excluding hydrogens is 824 g/mol. The van der Waals surface area contributed by atoms with E-state index >= 15 is 0 Å². The first-order chi connectivity index (χ1) is 24.8. The van der Waals surface area contributed by atoms with Gasteiger partial charge in [0.2, 0.25) is 0 Å². The zero-order valence-electron chi connectivity index (χ0n) is 28.4. The molecule has 1 fully saturated rings. The molecule has 0 aliphatic heterocycles. The summed E-state index contributed by atoms with van der Waals surface area (Å²) in [7, 11) is -12.9. The Morgan fingerprint density at radius 1 is 0.453 bits per heavy atom. The van der Waals surface area contributed by atoms with E-state index in [0.717, 1.165) is 0 Å². The van der Waals surface area contributed by atoms with Gasteiger partial charge < -0.3 is 0 Å². The molecule has 7 rings (SSSR count). The Kier molecular flexibility index (Phi) is 16.4. The summed E-state index contributed by atoms with van der Waals surface area (Å²) in [5.74, 6) is 2.13. The molecule has 0 nitrogen and oxygen atoms in total. The molecule has 1 saturated carbocycles. The van der Waals surface area contributed by atoms with Crippen molar-refractivity contribution in [2.75, 3.05) is 0 Å². The van der Waals surface area contributed by atoms with E-state index in [1.54, 1.807) is 0 Å². The summed E-state index contributed by atoms with van der Waals surface area (Å²) in [4.78, 5) is 0. The molecule has 273 valence electrons. The van der Waals surface area contributed by atoms with Crippen LogP contribution >= 0.6 is 23.0 Å². The van der Waals surface area contributed by atoms with E-state index in [1.165, 1.54) is 31.8 Å². The van der Waals surface area contributed by atoms with E-state index in [1.807, 2.05) is 44.2 Å². The second-order valence-corrected chi connectivity index (χ2v) is 18.5. The van der Waals surface area contributed by atoms with Crippen molar-refractivity contribution in [2.45, 2.75) is 0 Å². The van der Waals surface area contributed by atoms with Gasteiger partial charge in [0.15, 0.2) is 0 Å². The molecule has 53 heavy (non-hydrogen) atoms. The molecule has 1 aliphatic rings. The molecule has 0 amide bonds. The van der Waals surface area contributed by atoms with Crippen LogP contribution in [0.4, 0.5) is 25.2 Å². The second-order valence-electron chi connectivity index (χ2n) is 11.1. The predicted octanol–water partition coefficient (Wildman–Crippen LogP) is 11.8. The van der Waals surface area contributed by atoms with Crippen LogP contribution in [0, 0.1) is 38.2 Å². The van der Waals surface area contributed by atoms with Crippen LogP contribution in [0.1, 0.15) is 0 Å². The van der Waals surface area contributed by atoms with Crippen molar-refractivity contribution >= 4 is 54.8 Å². The molecule has 0 unspecified atom stereocenters. The van der Waals surface area contributed by atoms with Crippen molar-refractivity contribution in [1.82, 2.24) is 0 Å². The Hall–Kier alpha value is -3.45. The molecule has 0 heterocycles. The third kappa shape index (κ3) is 15.4. The Labute approximate surface area is 324 Å². The first-order valence-corrected chi connectivity index (χ1v) is 21.3. The molecular formula is C43H37F6P3Ru+. The van der Waals surface area contributed by atoms with Crippen LogP contribution in [-0.2, 0) is 19.5 Å².